The van der Waals surface area contributed by atoms with E-state index >= 15 is 0 Å². The van der Waals surface area contributed by atoms with Gasteiger partial charge in [0.2, 0.25) is 0 Å². The van der Waals surface area contributed by atoms with Crippen LogP contribution in [0, 0.1) is 0 Å². The molecule has 0 amide bonds. The van der Waals surface area contributed by atoms with E-state index in [1.54, 1.807) is 0 Å². The molecule has 0 N–H and O–H groups in total. The van der Waals surface area contributed by atoms with Crippen LogP contribution < -0.4 is 9.80 Å². The Balaban J connectivity index is 0.00000162. The molecular weight excluding hydrogens is 248 g/mol. The van der Waals surface area contributed by atoms with Crippen LogP contribution in [0.3, 0.4) is 0 Å². The first kappa shape index (κ1) is 14.4. The van der Waals surface area contributed by atoms with Crippen molar-refractivity contribution in [3.63, 3.8) is 0 Å². The van der Waals surface area contributed by atoms with Gasteiger partial charge < -0.3 is 9.80 Å². The van der Waals surface area contributed by atoms with E-state index in [1.807, 2.05) is 50.2 Å². The number of nitrogens with zero attached hydrogens (tertiary/aromatic N) is 4. The van der Waals surface area contributed by atoms with E-state index in [1.165, 1.54) is 5.69 Å². The zero-order chi connectivity index (χ0) is 12.4. The highest BCUT2D eigenvalue weighted by Crippen LogP contribution is 2.17. The van der Waals surface area contributed by atoms with Crippen molar-refractivity contribution in [2.24, 2.45) is 0 Å². The number of hydrogen-bond acceptors (Lipinski definition) is 3. The van der Waals surface area contributed by atoms with Gasteiger partial charge >= 0.3 is 0 Å². The molecule has 1 aromatic carbocycles. The monoisotopic (exact) mass is 266 g/mol. The summed E-state index contributed by atoms with van der Waals surface area (Å²) >= 11 is 0. The molecule has 0 saturated heterocycles. The summed E-state index contributed by atoms with van der Waals surface area (Å²) in [5.74, 6) is 0. The number of halogens is 1. The number of benzene rings is 1. The predicted octanol–water partition coefficient (Wildman–Crippen LogP) is 2.43. The molecule has 0 fully saturated rings. The molecule has 2 rings (SSSR count). The maximum absolute atomic E-state index is 4.34. The molecule has 1 aromatic heterocycles. The van der Waals surface area contributed by atoms with Crippen LogP contribution in [0.1, 0.15) is 0 Å². The van der Waals surface area contributed by atoms with Gasteiger partial charge in [-0.2, -0.15) is 5.10 Å². The maximum atomic E-state index is 4.34. The fourth-order valence-corrected chi connectivity index (χ4v) is 1.59. The molecule has 0 spiro atoms. The van der Waals surface area contributed by atoms with E-state index in [9.17, 15) is 0 Å². The van der Waals surface area contributed by atoms with Gasteiger partial charge in [0.25, 0.3) is 0 Å². The number of hydrogen-bond donors (Lipinski definition) is 0. The van der Waals surface area contributed by atoms with Gasteiger partial charge in [-0.25, -0.2) is 4.68 Å². The molecule has 0 atom stereocenters. The third kappa shape index (κ3) is 2.96. The highest BCUT2D eigenvalue weighted by atomic mass is 35.5. The summed E-state index contributed by atoms with van der Waals surface area (Å²) in [5.41, 5.74) is 3.36. The lowest BCUT2D eigenvalue weighted by Crippen LogP contribution is -2.08. The van der Waals surface area contributed by atoms with Crippen molar-refractivity contribution in [1.29, 1.82) is 0 Å². The van der Waals surface area contributed by atoms with Crippen molar-refractivity contribution in [2.75, 3.05) is 38.0 Å². The summed E-state index contributed by atoms with van der Waals surface area (Å²) < 4.78 is 1.88. The summed E-state index contributed by atoms with van der Waals surface area (Å²) in [5, 5.41) is 4.34. The van der Waals surface area contributed by atoms with Gasteiger partial charge in [0, 0.05) is 33.9 Å². The average Bonchev–Trinajstić information content (AvgIpc) is 2.78. The fraction of sp³-hybridized carbons (Fsp3) is 0.308. The smallest absolute Gasteiger partial charge is 0.0752 e. The Morgan fingerprint density at radius 2 is 1.44 bits per heavy atom. The van der Waals surface area contributed by atoms with Crippen LogP contribution in [0.2, 0.25) is 0 Å². The van der Waals surface area contributed by atoms with E-state index in [4.69, 9.17) is 0 Å². The standard InChI is InChI=1S/C13H18N4.ClH/c1-15(2)11-5-7-12(8-6-11)17-10-13(9-14-17)16(3)4;/h5-10H,1-4H3;1H. The van der Waals surface area contributed by atoms with Crippen LogP contribution in [0.5, 0.6) is 0 Å². The Hall–Kier alpha value is -1.68. The SMILES string of the molecule is CN(C)c1ccc(-n2cc(N(C)C)cn2)cc1.Cl. The minimum absolute atomic E-state index is 0. The van der Waals surface area contributed by atoms with Crippen molar-refractivity contribution in [1.82, 2.24) is 9.78 Å². The molecule has 0 aliphatic carbocycles. The highest BCUT2D eigenvalue weighted by molar-refractivity contribution is 5.85. The molecule has 0 aliphatic heterocycles. The Labute approximate surface area is 114 Å². The van der Waals surface area contributed by atoms with Crippen molar-refractivity contribution in [3.05, 3.63) is 36.7 Å². The first-order valence-electron chi connectivity index (χ1n) is 5.57. The molecule has 0 aliphatic rings. The van der Waals surface area contributed by atoms with E-state index in [2.05, 4.69) is 34.3 Å². The van der Waals surface area contributed by atoms with Gasteiger partial charge in [-0.1, -0.05) is 0 Å². The Morgan fingerprint density at radius 1 is 0.889 bits per heavy atom. The molecule has 0 unspecified atom stereocenters. The van der Waals surface area contributed by atoms with E-state index in [-0.39, 0.29) is 12.4 Å². The molecule has 1 heterocycles. The van der Waals surface area contributed by atoms with Gasteiger partial charge in [-0.05, 0) is 24.3 Å². The van der Waals surface area contributed by atoms with Crippen molar-refractivity contribution < 1.29 is 0 Å². The molecule has 0 radical (unpaired) electrons. The lowest BCUT2D eigenvalue weighted by atomic mass is 10.2. The molecule has 0 saturated carbocycles. The molecule has 5 heteroatoms. The lowest BCUT2D eigenvalue weighted by molar-refractivity contribution is 0.880. The van der Waals surface area contributed by atoms with E-state index in [0.29, 0.717) is 0 Å². The predicted molar refractivity (Wildman–Crippen MR) is 79.5 cm³/mol. The topological polar surface area (TPSA) is 24.3 Å². The Kier molecular flexibility index (Phi) is 4.62. The van der Waals surface area contributed by atoms with Crippen LogP contribution in [0.15, 0.2) is 36.7 Å². The minimum Gasteiger partial charge on any atom is -0.378 e. The fourth-order valence-electron chi connectivity index (χ4n) is 1.59. The van der Waals surface area contributed by atoms with Gasteiger partial charge in [0.1, 0.15) is 0 Å². The summed E-state index contributed by atoms with van der Waals surface area (Å²) in [6, 6.07) is 8.32. The average molecular weight is 267 g/mol. The zero-order valence-electron chi connectivity index (χ0n) is 11.2. The summed E-state index contributed by atoms with van der Waals surface area (Å²) in [4.78, 5) is 4.12. The summed E-state index contributed by atoms with van der Waals surface area (Å²) in [6.45, 7) is 0. The molecule has 0 bridgehead atoms. The molecule has 2 aromatic rings. The number of rotatable bonds is 3. The molecular formula is C13H19ClN4. The molecule has 18 heavy (non-hydrogen) atoms. The van der Waals surface area contributed by atoms with Crippen molar-refractivity contribution in [3.8, 4) is 5.69 Å². The van der Waals surface area contributed by atoms with Crippen molar-refractivity contribution >= 4 is 23.8 Å². The van der Waals surface area contributed by atoms with E-state index < -0.39 is 0 Å². The second kappa shape index (κ2) is 5.78. The highest BCUT2D eigenvalue weighted by Gasteiger charge is 2.02. The van der Waals surface area contributed by atoms with Gasteiger partial charge in [0.05, 0.1) is 23.8 Å². The maximum Gasteiger partial charge on any atom is 0.0752 e. The molecule has 98 valence electrons. The van der Waals surface area contributed by atoms with Crippen LogP contribution >= 0.6 is 12.4 Å². The van der Waals surface area contributed by atoms with Gasteiger partial charge in [-0.3, -0.25) is 0 Å². The normalized spacial score (nSPS) is 9.78. The first-order valence-corrected chi connectivity index (χ1v) is 5.57. The molecule has 4 nitrogen and oxygen atoms in total. The van der Waals surface area contributed by atoms with E-state index in [0.717, 1.165) is 11.4 Å². The lowest BCUT2D eigenvalue weighted by Gasteiger charge is -2.12. The van der Waals surface area contributed by atoms with Crippen LogP contribution in [0.25, 0.3) is 5.69 Å². The Bertz CT molecular complexity index is 488. The summed E-state index contributed by atoms with van der Waals surface area (Å²) in [6.07, 6.45) is 3.88. The largest absolute Gasteiger partial charge is 0.378 e. The third-order valence-corrected chi connectivity index (χ3v) is 2.72. The first-order chi connectivity index (χ1) is 8.08. The number of anilines is 2. The van der Waals surface area contributed by atoms with Gasteiger partial charge in [0.15, 0.2) is 0 Å². The van der Waals surface area contributed by atoms with Gasteiger partial charge in [-0.15, -0.1) is 12.4 Å². The quantitative estimate of drug-likeness (QED) is 0.853. The third-order valence-electron chi connectivity index (χ3n) is 2.72. The second-order valence-corrected chi connectivity index (χ2v) is 4.45. The van der Waals surface area contributed by atoms with Crippen LogP contribution in [-0.4, -0.2) is 38.0 Å². The van der Waals surface area contributed by atoms with Crippen LogP contribution in [-0.2, 0) is 0 Å². The van der Waals surface area contributed by atoms with Crippen molar-refractivity contribution in [2.45, 2.75) is 0 Å². The minimum atomic E-state index is 0. The summed E-state index contributed by atoms with van der Waals surface area (Å²) in [7, 11) is 8.09. The van der Waals surface area contributed by atoms with Crippen LogP contribution in [0.4, 0.5) is 11.4 Å². The number of aromatic nitrogens is 2. The Morgan fingerprint density at radius 3 is 1.89 bits per heavy atom. The second-order valence-electron chi connectivity index (χ2n) is 4.45. The zero-order valence-corrected chi connectivity index (χ0v) is 12.0.